The molecule has 0 N–H and O–H groups in total. The van der Waals surface area contributed by atoms with Crippen molar-refractivity contribution in [2.75, 3.05) is 6.54 Å². The van der Waals surface area contributed by atoms with Crippen molar-refractivity contribution >= 4 is 26.0 Å². The Morgan fingerprint density at radius 1 is 1.12 bits per heavy atom. The summed E-state index contributed by atoms with van der Waals surface area (Å²) in [6.45, 7) is 5.40. The molecular formula is C18H21BrFNO2S. The van der Waals surface area contributed by atoms with Gasteiger partial charge in [-0.15, -0.1) is 0 Å². The van der Waals surface area contributed by atoms with E-state index in [0.29, 0.717) is 15.6 Å². The highest BCUT2D eigenvalue weighted by Crippen LogP contribution is 2.33. The lowest BCUT2D eigenvalue weighted by Gasteiger charge is -2.32. The molecule has 0 amide bonds. The Morgan fingerprint density at radius 3 is 2.29 bits per heavy atom. The maximum absolute atomic E-state index is 14.1. The number of hydrogen-bond donors (Lipinski definition) is 0. The van der Waals surface area contributed by atoms with Crippen LogP contribution in [-0.4, -0.2) is 19.3 Å². The van der Waals surface area contributed by atoms with Gasteiger partial charge >= 0.3 is 0 Å². The Bertz CT molecular complexity index is 807. The lowest BCUT2D eigenvalue weighted by Crippen LogP contribution is -2.42. The largest absolute Gasteiger partial charge is 0.223 e. The molecule has 24 heavy (non-hydrogen) atoms. The third-order valence-electron chi connectivity index (χ3n) is 4.17. The summed E-state index contributed by atoms with van der Waals surface area (Å²) in [5, 5.41) is 0. The van der Waals surface area contributed by atoms with Crippen molar-refractivity contribution in [2.45, 2.75) is 32.1 Å². The van der Waals surface area contributed by atoms with E-state index in [-0.39, 0.29) is 13.1 Å². The summed E-state index contributed by atoms with van der Waals surface area (Å²) in [6, 6.07) is 13.7. The molecule has 0 saturated heterocycles. The topological polar surface area (TPSA) is 37.4 Å². The average Bonchev–Trinajstić information content (AvgIpc) is 2.54. The van der Waals surface area contributed by atoms with Crippen LogP contribution in [0.25, 0.3) is 0 Å². The molecule has 0 bridgehead atoms. The molecule has 0 aliphatic carbocycles. The quantitative estimate of drug-likeness (QED) is 0.689. The maximum atomic E-state index is 14.1. The van der Waals surface area contributed by atoms with Crippen molar-refractivity contribution in [1.29, 1.82) is 0 Å². The number of sulfonamides is 1. The van der Waals surface area contributed by atoms with Crippen molar-refractivity contribution in [1.82, 2.24) is 4.31 Å². The van der Waals surface area contributed by atoms with Crippen LogP contribution in [-0.2, 0) is 21.3 Å². The van der Waals surface area contributed by atoms with Crippen LogP contribution in [0.4, 0.5) is 4.39 Å². The standard InChI is InChI=1S/C18H21BrFNO2S/c1-4-21(13-14-10-11-16(19)12-17(14)20)24(22,23)18(2,3)15-8-6-5-7-9-15/h5-12H,4,13H2,1-3H3. The molecule has 0 heterocycles. The fraction of sp³-hybridized carbons (Fsp3) is 0.333. The summed E-state index contributed by atoms with van der Waals surface area (Å²) in [4.78, 5) is 0. The first-order valence-electron chi connectivity index (χ1n) is 7.69. The molecule has 0 aromatic heterocycles. The average molecular weight is 414 g/mol. The lowest BCUT2D eigenvalue weighted by molar-refractivity contribution is 0.395. The van der Waals surface area contributed by atoms with Crippen molar-refractivity contribution in [3.63, 3.8) is 0 Å². The van der Waals surface area contributed by atoms with E-state index in [0.717, 1.165) is 0 Å². The zero-order chi connectivity index (χ0) is 18.0. The van der Waals surface area contributed by atoms with E-state index < -0.39 is 20.6 Å². The van der Waals surface area contributed by atoms with Crippen LogP contribution < -0.4 is 0 Å². The Balaban J connectivity index is 2.38. The van der Waals surface area contributed by atoms with Gasteiger partial charge in [0, 0.05) is 23.1 Å². The second-order valence-electron chi connectivity index (χ2n) is 6.04. The second kappa shape index (κ2) is 7.33. The summed E-state index contributed by atoms with van der Waals surface area (Å²) in [7, 11) is -3.67. The number of rotatable bonds is 6. The molecule has 0 aliphatic rings. The number of hydrogen-bond acceptors (Lipinski definition) is 2. The predicted molar refractivity (Wildman–Crippen MR) is 98.6 cm³/mol. The van der Waals surface area contributed by atoms with Crippen molar-refractivity contribution in [3.8, 4) is 0 Å². The molecule has 0 aliphatic heterocycles. The van der Waals surface area contributed by atoms with E-state index in [9.17, 15) is 12.8 Å². The Labute approximate surface area is 151 Å². The summed E-state index contributed by atoms with van der Waals surface area (Å²) < 4.78 is 41.3. The molecule has 2 rings (SSSR count). The zero-order valence-corrected chi connectivity index (χ0v) is 16.4. The minimum absolute atomic E-state index is 0.00815. The molecule has 0 unspecified atom stereocenters. The van der Waals surface area contributed by atoms with Crippen LogP contribution in [0.1, 0.15) is 31.9 Å². The molecule has 3 nitrogen and oxygen atoms in total. The van der Waals surface area contributed by atoms with Crippen molar-refractivity contribution in [3.05, 3.63) is 69.9 Å². The SMILES string of the molecule is CCN(Cc1ccc(Br)cc1F)S(=O)(=O)C(C)(C)c1ccccc1. The van der Waals surface area contributed by atoms with Gasteiger partial charge in [0.25, 0.3) is 0 Å². The van der Waals surface area contributed by atoms with E-state index in [1.807, 2.05) is 18.2 Å². The highest BCUT2D eigenvalue weighted by atomic mass is 79.9. The van der Waals surface area contributed by atoms with E-state index >= 15 is 0 Å². The molecule has 6 heteroatoms. The third kappa shape index (κ3) is 3.71. The monoisotopic (exact) mass is 413 g/mol. The summed E-state index contributed by atoms with van der Waals surface area (Å²) in [5.41, 5.74) is 1.06. The van der Waals surface area contributed by atoms with Crippen LogP contribution in [0.3, 0.4) is 0 Å². The Kier molecular flexibility index (Phi) is 5.83. The molecule has 0 fully saturated rings. The van der Waals surface area contributed by atoms with Gasteiger partial charge in [0.15, 0.2) is 0 Å². The van der Waals surface area contributed by atoms with E-state index in [1.54, 1.807) is 45.0 Å². The van der Waals surface area contributed by atoms with Gasteiger partial charge in [0.1, 0.15) is 10.6 Å². The minimum atomic E-state index is -3.67. The van der Waals surface area contributed by atoms with Crippen molar-refractivity contribution < 1.29 is 12.8 Å². The molecule has 0 radical (unpaired) electrons. The highest BCUT2D eigenvalue weighted by Gasteiger charge is 2.40. The second-order valence-corrected chi connectivity index (χ2v) is 9.45. The van der Waals surface area contributed by atoms with Gasteiger partial charge in [-0.05, 0) is 31.5 Å². The van der Waals surface area contributed by atoms with Crippen LogP contribution in [0, 0.1) is 5.82 Å². The molecule has 0 atom stereocenters. The minimum Gasteiger partial charge on any atom is -0.211 e. The fourth-order valence-corrected chi connectivity index (χ4v) is 4.58. The fourth-order valence-electron chi connectivity index (χ4n) is 2.52. The maximum Gasteiger partial charge on any atom is 0.223 e. The summed E-state index contributed by atoms with van der Waals surface area (Å²) in [6.07, 6.45) is 0. The summed E-state index contributed by atoms with van der Waals surface area (Å²) >= 11 is 3.21. The molecule has 2 aromatic rings. The number of benzene rings is 2. The van der Waals surface area contributed by atoms with E-state index in [4.69, 9.17) is 0 Å². The van der Waals surface area contributed by atoms with Gasteiger partial charge < -0.3 is 0 Å². The van der Waals surface area contributed by atoms with Crippen LogP contribution in [0.5, 0.6) is 0 Å². The Hall–Kier alpha value is -1.24. The molecule has 130 valence electrons. The Morgan fingerprint density at radius 2 is 1.75 bits per heavy atom. The van der Waals surface area contributed by atoms with Crippen molar-refractivity contribution in [2.24, 2.45) is 0 Å². The van der Waals surface area contributed by atoms with Gasteiger partial charge in [0.05, 0.1) is 0 Å². The smallest absolute Gasteiger partial charge is 0.211 e. The lowest BCUT2D eigenvalue weighted by atomic mass is 10.0. The zero-order valence-electron chi connectivity index (χ0n) is 14.0. The molecule has 2 aromatic carbocycles. The molecular weight excluding hydrogens is 393 g/mol. The van der Waals surface area contributed by atoms with Gasteiger partial charge in [-0.1, -0.05) is 59.3 Å². The molecule has 0 saturated carbocycles. The number of halogens is 2. The first-order chi connectivity index (χ1) is 11.2. The van der Waals surface area contributed by atoms with Crippen LogP contribution in [0.2, 0.25) is 0 Å². The van der Waals surface area contributed by atoms with Gasteiger partial charge in [-0.25, -0.2) is 12.8 Å². The third-order valence-corrected chi connectivity index (χ3v) is 7.25. The number of nitrogens with zero attached hydrogens (tertiary/aromatic N) is 1. The normalized spacial score (nSPS) is 12.6. The first-order valence-corrected chi connectivity index (χ1v) is 9.92. The highest BCUT2D eigenvalue weighted by molar-refractivity contribution is 9.10. The first kappa shape index (κ1) is 19.1. The summed E-state index contributed by atoms with van der Waals surface area (Å²) in [5.74, 6) is -0.421. The predicted octanol–water partition coefficient (Wildman–Crippen LogP) is 4.68. The molecule has 0 spiro atoms. The van der Waals surface area contributed by atoms with Gasteiger partial charge in [-0.2, -0.15) is 4.31 Å². The van der Waals surface area contributed by atoms with E-state index in [2.05, 4.69) is 15.9 Å². The van der Waals surface area contributed by atoms with E-state index in [1.165, 1.54) is 10.4 Å². The van der Waals surface area contributed by atoms with Crippen LogP contribution >= 0.6 is 15.9 Å². The van der Waals surface area contributed by atoms with Crippen LogP contribution in [0.15, 0.2) is 53.0 Å². The van der Waals surface area contributed by atoms with Gasteiger partial charge in [-0.3, -0.25) is 0 Å². The van der Waals surface area contributed by atoms with Gasteiger partial charge in [0.2, 0.25) is 10.0 Å².